The first kappa shape index (κ1) is 29.2. The number of hydrogen-bond acceptors (Lipinski definition) is 3. The van der Waals surface area contributed by atoms with Crippen molar-refractivity contribution in [1.29, 1.82) is 0 Å². The van der Waals surface area contributed by atoms with Gasteiger partial charge < -0.3 is 15.4 Å². The number of benzene rings is 2. The van der Waals surface area contributed by atoms with Crippen LogP contribution in [0.4, 0.5) is 0 Å². The van der Waals surface area contributed by atoms with Crippen molar-refractivity contribution in [2.75, 3.05) is 20.7 Å². The van der Waals surface area contributed by atoms with Gasteiger partial charge in [-0.1, -0.05) is 63.6 Å². The second-order valence-electron chi connectivity index (χ2n) is 6.43. The molecule has 0 radical (unpaired) electrons. The lowest BCUT2D eigenvalue weighted by atomic mass is 10.0. The van der Waals surface area contributed by atoms with Gasteiger partial charge in [0.25, 0.3) is 0 Å². The molecule has 0 saturated carbocycles. The lowest BCUT2D eigenvalue weighted by Crippen LogP contribution is -2.30. The van der Waals surface area contributed by atoms with Crippen molar-refractivity contribution in [3.05, 3.63) is 64.8 Å². The van der Waals surface area contributed by atoms with Gasteiger partial charge in [0, 0.05) is 30.4 Å². The molecule has 0 aromatic heterocycles. The Bertz CT molecular complexity index is 860. The van der Waals surface area contributed by atoms with Crippen molar-refractivity contribution in [2.24, 2.45) is 10.7 Å². The smallest absolute Gasteiger partial charge is 0.195 e. The fourth-order valence-electron chi connectivity index (χ4n) is 2.61. The average molecular weight is 460 g/mol. The lowest BCUT2D eigenvalue weighted by Gasteiger charge is -2.12. The van der Waals surface area contributed by atoms with Gasteiger partial charge in [-0.05, 0) is 55.2 Å². The molecule has 5 nitrogen and oxygen atoms in total. The van der Waals surface area contributed by atoms with E-state index in [9.17, 15) is 4.79 Å². The zero-order valence-electron chi connectivity index (χ0n) is 20.5. The molecule has 0 unspecified atom stereocenters. The molecular weight excluding hydrogens is 422 g/mol. The number of aliphatic imine (C=N–C) groups is 1. The van der Waals surface area contributed by atoms with Gasteiger partial charge in [-0.3, -0.25) is 4.79 Å². The summed E-state index contributed by atoms with van der Waals surface area (Å²) in [6.45, 7) is 10.6. The number of hydrogen-bond donors (Lipinski definition) is 1. The molecule has 0 bridgehead atoms. The molecule has 2 aromatic rings. The van der Waals surface area contributed by atoms with Gasteiger partial charge in [0.1, 0.15) is 12.0 Å². The van der Waals surface area contributed by atoms with Crippen LogP contribution in [0.3, 0.4) is 0 Å². The summed E-state index contributed by atoms with van der Waals surface area (Å²) in [6.07, 6.45) is 3.55. The van der Waals surface area contributed by atoms with Gasteiger partial charge in [0.05, 0.1) is 6.61 Å². The van der Waals surface area contributed by atoms with Crippen molar-refractivity contribution in [3.63, 3.8) is 0 Å². The van der Waals surface area contributed by atoms with Gasteiger partial charge >= 0.3 is 0 Å². The number of guanidine groups is 1. The number of rotatable bonds is 8. The third-order valence-corrected chi connectivity index (χ3v) is 4.49. The summed E-state index contributed by atoms with van der Waals surface area (Å²) < 4.78 is 5.56. The van der Waals surface area contributed by atoms with Crippen LogP contribution in [0.5, 0.6) is 5.75 Å². The van der Waals surface area contributed by atoms with Crippen molar-refractivity contribution in [1.82, 2.24) is 4.90 Å². The number of ether oxygens (including phenoxy) is 1. The topological polar surface area (TPSA) is 67.9 Å². The fraction of sp³-hybridized carbons (Fsp3) is 0.385. The van der Waals surface area contributed by atoms with Gasteiger partial charge in [-0.25, -0.2) is 4.99 Å². The summed E-state index contributed by atoms with van der Waals surface area (Å²) in [5, 5.41) is 0.681. The molecule has 0 spiro atoms. The Morgan fingerprint density at radius 3 is 2.25 bits per heavy atom. The minimum absolute atomic E-state index is 0.368. The Labute approximate surface area is 198 Å². The van der Waals surface area contributed by atoms with E-state index in [4.69, 9.17) is 22.1 Å². The van der Waals surface area contributed by atoms with Crippen LogP contribution in [0.2, 0.25) is 5.02 Å². The summed E-state index contributed by atoms with van der Waals surface area (Å²) in [4.78, 5) is 16.9. The highest BCUT2D eigenvalue weighted by atomic mass is 35.5. The third kappa shape index (κ3) is 10.0. The lowest BCUT2D eigenvalue weighted by molar-refractivity contribution is -0.104. The van der Waals surface area contributed by atoms with Crippen LogP contribution in [0.1, 0.15) is 46.6 Å². The minimum atomic E-state index is 0.368. The van der Waals surface area contributed by atoms with Crippen LogP contribution >= 0.6 is 11.6 Å². The molecule has 2 aromatic carbocycles. The molecule has 32 heavy (non-hydrogen) atoms. The predicted octanol–water partition coefficient (Wildman–Crippen LogP) is 6.35. The summed E-state index contributed by atoms with van der Waals surface area (Å²) >= 11 is 6.36. The van der Waals surface area contributed by atoms with Crippen LogP contribution in [0.15, 0.2) is 59.2 Å². The summed E-state index contributed by atoms with van der Waals surface area (Å²) in [5.74, 6) is 1.17. The molecule has 0 heterocycles. The minimum Gasteiger partial charge on any atom is -0.494 e. The van der Waals surface area contributed by atoms with Crippen molar-refractivity contribution < 1.29 is 9.53 Å². The van der Waals surface area contributed by atoms with E-state index in [0.29, 0.717) is 29.7 Å². The molecule has 0 aliphatic heterocycles. The molecular formula is C26H38ClN3O2. The molecule has 0 atom stereocenters. The molecule has 2 rings (SSSR count). The van der Waals surface area contributed by atoms with E-state index < -0.39 is 0 Å². The first-order valence-electron chi connectivity index (χ1n) is 11.1. The van der Waals surface area contributed by atoms with Crippen molar-refractivity contribution in [3.8, 4) is 16.9 Å². The standard InChI is InChI=1S/C22H26ClN3O2.2C2H6/c1-4-28-19-11-12-21(23)20(15-19)17-8-5-16(6-9-17)7-10-18(13-14-27)25-22(24)26(2)3;2*1-2/h5-6,8-9,11-15H,4,7,10H2,1-3H3,(H2,24,25);2*1-2H3/b18-13-;;. The van der Waals surface area contributed by atoms with Crippen LogP contribution < -0.4 is 10.5 Å². The molecule has 0 amide bonds. The number of aryl methyl sites for hydroxylation is 1. The van der Waals surface area contributed by atoms with Gasteiger partial charge in [-0.2, -0.15) is 0 Å². The van der Waals surface area contributed by atoms with E-state index >= 15 is 0 Å². The molecule has 0 aliphatic rings. The second-order valence-corrected chi connectivity index (χ2v) is 6.84. The van der Waals surface area contributed by atoms with Crippen LogP contribution in [-0.2, 0) is 11.2 Å². The Hall–Kier alpha value is -2.79. The number of halogens is 1. The maximum atomic E-state index is 10.9. The molecule has 2 N–H and O–H groups in total. The SMILES string of the molecule is CC.CC.CCOc1ccc(Cl)c(-c2ccc(CC/C(=C/C=O)N=C(N)N(C)C)cc2)c1. The normalized spacial score (nSPS) is 10.9. The average Bonchev–Trinajstić information content (AvgIpc) is 2.82. The predicted molar refractivity (Wildman–Crippen MR) is 139 cm³/mol. The van der Waals surface area contributed by atoms with Gasteiger partial charge in [-0.15, -0.1) is 0 Å². The maximum Gasteiger partial charge on any atom is 0.195 e. The zero-order chi connectivity index (χ0) is 24.5. The number of nitrogens with two attached hydrogens (primary N) is 1. The first-order valence-corrected chi connectivity index (χ1v) is 11.5. The second kappa shape index (κ2) is 16.8. The van der Waals surface area contributed by atoms with E-state index in [1.54, 1.807) is 4.90 Å². The van der Waals surface area contributed by atoms with Gasteiger partial charge in [0.15, 0.2) is 5.96 Å². The number of carbonyl (C=O) groups excluding carboxylic acids is 1. The number of allylic oxidation sites excluding steroid dienone is 2. The molecule has 6 heteroatoms. The van der Waals surface area contributed by atoms with E-state index in [2.05, 4.69) is 17.1 Å². The largest absolute Gasteiger partial charge is 0.494 e. The number of aldehydes is 1. The first-order chi connectivity index (χ1) is 15.4. The molecule has 0 aliphatic carbocycles. The molecule has 0 fully saturated rings. The highest BCUT2D eigenvalue weighted by Crippen LogP contribution is 2.31. The van der Waals surface area contributed by atoms with Crippen molar-refractivity contribution >= 4 is 23.8 Å². The highest BCUT2D eigenvalue weighted by molar-refractivity contribution is 6.33. The van der Waals surface area contributed by atoms with Crippen molar-refractivity contribution in [2.45, 2.75) is 47.5 Å². The van der Waals surface area contributed by atoms with E-state index in [1.165, 1.54) is 6.08 Å². The fourth-order valence-corrected chi connectivity index (χ4v) is 2.83. The number of nitrogens with zero attached hydrogens (tertiary/aromatic N) is 2. The quantitative estimate of drug-likeness (QED) is 0.216. The Morgan fingerprint density at radius 2 is 1.72 bits per heavy atom. The maximum absolute atomic E-state index is 10.9. The summed E-state index contributed by atoms with van der Waals surface area (Å²) in [7, 11) is 3.61. The third-order valence-electron chi connectivity index (χ3n) is 4.16. The van der Waals surface area contributed by atoms with Crippen LogP contribution in [0.25, 0.3) is 11.1 Å². The molecule has 0 saturated heterocycles. The van der Waals surface area contributed by atoms with E-state index in [-0.39, 0.29) is 0 Å². The van der Waals surface area contributed by atoms with Crippen LogP contribution in [-0.4, -0.2) is 37.8 Å². The highest BCUT2D eigenvalue weighted by Gasteiger charge is 2.07. The molecule has 176 valence electrons. The van der Waals surface area contributed by atoms with Gasteiger partial charge in [0.2, 0.25) is 0 Å². The Balaban J connectivity index is 0.00000227. The summed E-state index contributed by atoms with van der Waals surface area (Å²) in [6, 6.07) is 13.8. The Kier molecular flexibility index (Phi) is 15.4. The van der Waals surface area contributed by atoms with Crippen LogP contribution in [0, 0.1) is 0 Å². The number of carbonyl (C=O) groups is 1. The summed E-state index contributed by atoms with van der Waals surface area (Å²) in [5.41, 5.74) is 9.59. The van der Waals surface area contributed by atoms with E-state index in [1.807, 2.05) is 79.0 Å². The monoisotopic (exact) mass is 459 g/mol. The Morgan fingerprint density at radius 1 is 1.09 bits per heavy atom. The zero-order valence-corrected chi connectivity index (χ0v) is 21.2. The van der Waals surface area contributed by atoms with E-state index in [0.717, 1.165) is 35.1 Å².